The van der Waals surface area contributed by atoms with Gasteiger partial charge in [-0.25, -0.2) is 9.59 Å². The molecule has 1 unspecified atom stereocenters. The Morgan fingerprint density at radius 1 is 1.53 bits per heavy atom. The van der Waals surface area contributed by atoms with E-state index in [4.69, 9.17) is 11.5 Å². The first-order valence-electron chi connectivity index (χ1n) is 4.87. The number of amides is 2. The molecule has 15 heavy (non-hydrogen) atoms. The van der Waals surface area contributed by atoms with Crippen molar-refractivity contribution in [2.24, 2.45) is 0 Å². The molecule has 0 bridgehead atoms. The van der Waals surface area contributed by atoms with E-state index >= 15 is 0 Å². The third-order valence-electron chi connectivity index (χ3n) is 2.39. The molecular weight excluding hydrogens is 196 g/mol. The highest BCUT2D eigenvalue weighted by Crippen LogP contribution is 2.16. The molecule has 2 N–H and O–H groups in total. The van der Waals surface area contributed by atoms with Crippen molar-refractivity contribution in [2.75, 3.05) is 13.1 Å². The summed E-state index contributed by atoms with van der Waals surface area (Å²) >= 11 is 0. The van der Waals surface area contributed by atoms with Crippen LogP contribution in [0.1, 0.15) is 19.3 Å². The largest absolute Gasteiger partial charge is 0.480 e. The monoisotopic (exact) mass is 210 g/mol. The summed E-state index contributed by atoms with van der Waals surface area (Å²) in [5.41, 5.74) is 0. The first-order chi connectivity index (χ1) is 7.16. The lowest BCUT2D eigenvalue weighted by Crippen LogP contribution is -2.51. The molecule has 0 aromatic rings. The Balaban J connectivity index is 2.60. The first kappa shape index (κ1) is 11.4. The van der Waals surface area contributed by atoms with Crippen LogP contribution in [0.5, 0.6) is 0 Å². The molecule has 5 nitrogen and oxygen atoms in total. The fourth-order valence-corrected chi connectivity index (χ4v) is 1.66. The Labute approximate surface area is 88.4 Å². The van der Waals surface area contributed by atoms with Crippen molar-refractivity contribution in [3.63, 3.8) is 0 Å². The first-order valence-corrected chi connectivity index (χ1v) is 4.87. The van der Waals surface area contributed by atoms with Crippen LogP contribution >= 0.6 is 0 Å². The Morgan fingerprint density at radius 3 is 2.87 bits per heavy atom. The smallest absolute Gasteiger partial charge is 0.326 e. The third kappa shape index (κ3) is 2.88. The molecule has 0 spiro atoms. The highest BCUT2D eigenvalue weighted by molar-refractivity contribution is 5.82. The molecule has 5 heteroatoms. The van der Waals surface area contributed by atoms with Gasteiger partial charge >= 0.3 is 12.0 Å². The van der Waals surface area contributed by atoms with E-state index in [0.29, 0.717) is 13.0 Å². The van der Waals surface area contributed by atoms with Crippen LogP contribution in [0.15, 0.2) is 0 Å². The predicted octanol–water partition coefficient (Wildman–Crippen LogP) is 0.268. The van der Waals surface area contributed by atoms with Gasteiger partial charge in [0.25, 0.3) is 0 Å². The lowest BCUT2D eigenvalue weighted by molar-refractivity contribution is -0.143. The Hall–Kier alpha value is -1.70. The summed E-state index contributed by atoms with van der Waals surface area (Å²) in [6.45, 7) is 0.606. The molecule has 1 atom stereocenters. The minimum Gasteiger partial charge on any atom is -0.480 e. The molecule has 1 saturated heterocycles. The van der Waals surface area contributed by atoms with E-state index in [1.54, 1.807) is 0 Å². The molecule has 0 aromatic carbocycles. The maximum Gasteiger partial charge on any atom is 0.326 e. The number of carbonyl (C=O) groups excluding carboxylic acids is 1. The minimum atomic E-state index is -0.953. The van der Waals surface area contributed by atoms with Gasteiger partial charge in [0, 0.05) is 6.54 Å². The van der Waals surface area contributed by atoms with E-state index < -0.39 is 12.0 Å². The van der Waals surface area contributed by atoms with Crippen LogP contribution in [0, 0.1) is 12.3 Å². The van der Waals surface area contributed by atoms with Gasteiger partial charge in [-0.05, 0) is 19.3 Å². The van der Waals surface area contributed by atoms with E-state index in [2.05, 4.69) is 11.2 Å². The standard InChI is InChI=1S/C10H14N2O3/c1-2-6-11-10(15)12-7-4-3-5-8(12)9(13)14/h1,8H,3-7H2,(H,11,15)(H,13,14). The van der Waals surface area contributed by atoms with Crippen molar-refractivity contribution in [1.82, 2.24) is 10.2 Å². The lowest BCUT2D eigenvalue weighted by atomic mass is 10.0. The van der Waals surface area contributed by atoms with Crippen molar-refractivity contribution in [1.29, 1.82) is 0 Å². The zero-order chi connectivity index (χ0) is 11.3. The number of hydrogen-bond acceptors (Lipinski definition) is 2. The average Bonchev–Trinajstić information content (AvgIpc) is 2.25. The van der Waals surface area contributed by atoms with Gasteiger partial charge in [-0.15, -0.1) is 6.42 Å². The van der Waals surface area contributed by atoms with Gasteiger partial charge in [0.05, 0.1) is 6.54 Å². The molecule has 1 heterocycles. The van der Waals surface area contributed by atoms with Crippen molar-refractivity contribution in [2.45, 2.75) is 25.3 Å². The zero-order valence-corrected chi connectivity index (χ0v) is 8.40. The van der Waals surface area contributed by atoms with E-state index in [1.807, 2.05) is 0 Å². The number of carboxylic acid groups (broad SMARTS) is 1. The number of nitrogens with zero attached hydrogens (tertiary/aromatic N) is 1. The lowest BCUT2D eigenvalue weighted by Gasteiger charge is -2.32. The van der Waals surface area contributed by atoms with Gasteiger partial charge < -0.3 is 15.3 Å². The molecule has 0 aromatic heterocycles. The Morgan fingerprint density at radius 2 is 2.27 bits per heavy atom. The van der Waals surface area contributed by atoms with Crippen LogP contribution in [-0.2, 0) is 4.79 Å². The average molecular weight is 210 g/mol. The molecule has 1 aliphatic rings. The molecule has 0 aliphatic carbocycles. The number of likely N-dealkylation sites (tertiary alicyclic amines) is 1. The molecule has 0 saturated carbocycles. The molecule has 82 valence electrons. The second-order valence-electron chi connectivity index (χ2n) is 3.41. The van der Waals surface area contributed by atoms with Gasteiger partial charge in [-0.3, -0.25) is 0 Å². The summed E-state index contributed by atoms with van der Waals surface area (Å²) in [4.78, 5) is 23.7. The van der Waals surface area contributed by atoms with Crippen LogP contribution in [0.2, 0.25) is 0 Å². The molecule has 0 radical (unpaired) electrons. The zero-order valence-electron chi connectivity index (χ0n) is 8.40. The molecule has 2 amide bonds. The van der Waals surface area contributed by atoms with E-state index in [1.165, 1.54) is 4.90 Å². The number of nitrogens with one attached hydrogen (secondary N) is 1. The van der Waals surface area contributed by atoms with Gasteiger partial charge in [-0.1, -0.05) is 5.92 Å². The predicted molar refractivity (Wildman–Crippen MR) is 54.2 cm³/mol. The van der Waals surface area contributed by atoms with Crippen molar-refractivity contribution in [3.05, 3.63) is 0 Å². The van der Waals surface area contributed by atoms with Crippen LogP contribution in [0.4, 0.5) is 4.79 Å². The van der Waals surface area contributed by atoms with Crippen LogP contribution in [0.3, 0.4) is 0 Å². The van der Waals surface area contributed by atoms with Crippen LogP contribution < -0.4 is 5.32 Å². The SMILES string of the molecule is C#CCNC(=O)N1CCCCC1C(=O)O. The Kier molecular flexibility index (Phi) is 3.98. The van der Waals surface area contributed by atoms with Crippen molar-refractivity contribution < 1.29 is 14.7 Å². The number of carbonyl (C=O) groups is 2. The van der Waals surface area contributed by atoms with E-state index in [-0.39, 0.29) is 12.6 Å². The summed E-state index contributed by atoms with van der Waals surface area (Å²) in [7, 11) is 0. The van der Waals surface area contributed by atoms with E-state index in [0.717, 1.165) is 12.8 Å². The molecule has 1 fully saturated rings. The normalized spacial score (nSPS) is 20.5. The van der Waals surface area contributed by atoms with Gasteiger partial charge in [0.1, 0.15) is 6.04 Å². The third-order valence-corrected chi connectivity index (χ3v) is 2.39. The summed E-state index contributed by atoms with van der Waals surface area (Å²) in [6, 6.07) is -1.10. The number of carboxylic acids is 1. The summed E-state index contributed by atoms with van der Waals surface area (Å²) < 4.78 is 0. The Bertz CT molecular complexity index is 296. The number of piperidine rings is 1. The van der Waals surface area contributed by atoms with Gasteiger partial charge in [0.15, 0.2) is 0 Å². The molecule has 1 rings (SSSR count). The van der Waals surface area contributed by atoms with Crippen LogP contribution in [0.25, 0.3) is 0 Å². The summed E-state index contributed by atoms with van der Waals surface area (Å²) in [5, 5.41) is 11.4. The number of urea groups is 1. The maximum absolute atomic E-state index is 11.5. The summed E-state index contributed by atoms with van der Waals surface area (Å²) in [6.07, 6.45) is 7.20. The maximum atomic E-state index is 11.5. The number of rotatable bonds is 2. The number of terminal acetylenes is 1. The quantitative estimate of drug-likeness (QED) is 0.643. The van der Waals surface area contributed by atoms with Crippen LogP contribution in [-0.4, -0.2) is 41.1 Å². The minimum absolute atomic E-state index is 0.127. The number of aliphatic carboxylic acids is 1. The second kappa shape index (κ2) is 5.25. The summed E-state index contributed by atoms with van der Waals surface area (Å²) in [5.74, 6) is 1.32. The topological polar surface area (TPSA) is 69.6 Å². The van der Waals surface area contributed by atoms with Gasteiger partial charge in [-0.2, -0.15) is 0 Å². The van der Waals surface area contributed by atoms with Gasteiger partial charge in [0.2, 0.25) is 0 Å². The van der Waals surface area contributed by atoms with E-state index in [9.17, 15) is 9.59 Å². The molecule has 1 aliphatic heterocycles. The fourth-order valence-electron chi connectivity index (χ4n) is 1.66. The second-order valence-corrected chi connectivity index (χ2v) is 3.41. The highest BCUT2D eigenvalue weighted by Gasteiger charge is 2.31. The highest BCUT2D eigenvalue weighted by atomic mass is 16.4. The fraction of sp³-hybridized carbons (Fsp3) is 0.600. The van der Waals surface area contributed by atoms with Crippen molar-refractivity contribution >= 4 is 12.0 Å². The van der Waals surface area contributed by atoms with Crippen molar-refractivity contribution in [3.8, 4) is 12.3 Å². The number of hydrogen-bond donors (Lipinski definition) is 2. The molecular formula is C10H14N2O3.